The number of halogens is 7. The third kappa shape index (κ3) is 9.06. The fourth-order valence-corrected chi connectivity index (χ4v) is 4.30. The van der Waals surface area contributed by atoms with Crippen molar-refractivity contribution in [2.45, 2.75) is 58.0 Å². The Bertz CT molecular complexity index is 1400. The molecule has 1 aliphatic rings. The van der Waals surface area contributed by atoms with E-state index in [0.717, 1.165) is 35.0 Å². The summed E-state index contributed by atoms with van der Waals surface area (Å²) in [6.07, 6.45) is -7.02. The highest BCUT2D eigenvalue weighted by atomic mass is 35.5. The van der Waals surface area contributed by atoms with Gasteiger partial charge in [0.25, 0.3) is 0 Å². The molecule has 3 aromatic rings. The van der Waals surface area contributed by atoms with Gasteiger partial charge in [-0.3, -0.25) is 4.90 Å². The average molecular weight is 643 g/mol. The monoisotopic (exact) mass is 642 g/mol. The van der Waals surface area contributed by atoms with Crippen molar-refractivity contribution < 1.29 is 50.9 Å². The summed E-state index contributed by atoms with van der Waals surface area (Å²) >= 11 is 6.66. The van der Waals surface area contributed by atoms with E-state index in [0.29, 0.717) is 28.9 Å². The molecule has 0 bridgehead atoms. The van der Waals surface area contributed by atoms with Gasteiger partial charge in [0, 0.05) is 41.2 Å². The SMILES string of the molecule is COc1c(C(C)Nc2ncnc3[nH]cnc23)cc(Cl)c(C)c1C1CN(C(C)C)C1.O=C(O)C(F)(F)F.O=C(O)C(F)(F)F. The van der Waals surface area contributed by atoms with E-state index in [9.17, 15) is 26.3 Å². The van der Waals surface area contributed by atoms with Crippen molar-refractivity contribution in [3.63, 3.8) is 0 Å². The molecular weight excluding hydrogens is 614 g/mol. The van der Waals surface area contributed by atoms with Crippen molar-refractivity contribution in [2.24, 2.45) is 0 Å². The number of carbonyl (C=O) groups is 2. The minimum Gasteiger partial charge on any atom is -0.496 e. The van der Waals surface area contributed by atoms with E-state index in [1.165, 1.54) is 11.9 Å². The number of H-pyrrole nitrogens is 1. The van der Waals surface area contributed by atoms with E-state index < -0.39 is 24.3 Å². The molecule has 1 fully saturated rings. The molecule has 0 radical (unpaired) electrons. The fraction of sp³-hybridized carbons (Fsp3) is 0.480. The molecule has 1 unspecified atom stereocenters. The highest BCUT2D eigenvalue weighted by Crippen LogP contribution is 2.44. The number of nitrogens with zero attached hydrogens (tertiary/aromatic N) is 4. The van der Waals surface area contributed by atoms with Crippen molar-refractivity contribution in [1.82, 2.24) is 24.8 Å². The number of likely N-dealkylation sites (tertiary alicyclic amines) is 1. The molecule has 0 aliphatic carbocycles. The summed E-state index contributed by atoms with van der Waals surface area (Å²) in [7, 11) is 1.73. The summed E-state index contributed by atoms with van der Waals surface area (Å²) < 4.78 is 69.4. The van der Waals surface area contributed by atoms with E-state index in [1.54, 1.807) is 13.4 Å². The summed E-state index contributed by atoms with van der Waals surface area (Å²) in [5.74, 6) is -3.50. The normalized spacial score (nSPS) is 14.6. The molecule has 0 amide bonds. The summed E-state index contributed by atoms with van der Waals surface area (Å²) in [6, 6.07) is 2.47. The first-order chi connectivity index (χ1) is 19.8. The maximum Gasteiger partial charge on any atom is 0.490 e. The summed E-state index contributed by atoms with van der Waals surface area (Å²) in [4.78, 5) is 36.2. The number of carboxylic acids is 2. The molecule has 1 saturated heterocycles. The van der Waals surface area contributed by atoms with E-state index >= 15 is 0 Å². The number of benzene rings is 1. The number of imidazole rings is 1. The number of fused-ring (bicyclic) bond motifs is 1. The molecule has 1 aliphatic heterocycles. The zero-order valence-corrected chi connectivity index (χ0v) is 24.2. The van der Waals surface area contributed by atoms with Crippen molar-refractivity contribution in [3.05, 3.63) is 40.4 Å². The van der Waals surface area contributed by atoms with Crippen molar-refractivity contribution in [2.75, 3.05) is 25.5 Å². The van der Waals surface area contributed by atoms with Crippen LogP contribution in [0.25, 0.3) is 11.2 Å². The van der Waals surface area contributed by atoms with Crippen LogP contribution in [-0.2, 0) is 9.59 Å². The largest absolute Gasteiger partial charge is 0.496 e. The standard InChI is InChI=1S/C21H27ClN6O.2C2HF3O2/c1-11(2)28-7-14(8-28)17-12(3)16(22)6-15(19(17)29-5)13(4)27-21-18-20(24-9-23-18)25-10-26-21;2*3-2(4,5)1(6)7/h6,9-11,13-14H,7-8H2,1-5H3,(H2,23,24,25,26,27);2*(H,6,7). The summed E-state index contributed by atoms with van der Waals surface area (Å²) in [5.41, 5.74) is 4.75. The Hall–Kier alpha value is -3.86. The van der Waals surface area contributed by atoms with Crippen LogP contribution >= 0.6 is 11.6 Å². The van der Waals surface area contributed by atoms with Gasteiger partial charge < -0.3 is 25.3 Å². The van der Waals surface area contributed by atoms with E-state index in [1.807, 2.05) is 6.07 Å². The van der Waals surface area contributed by atoms with Crippen molar-refractivity contribution in [3.8, 4) is 5.75 Å². The molecule has 0 spiro atoms. The third-order valence-corrected chi connectivity index (χ3v) is 6.72. The van der Waals surface area contributed by atoms with Gasteiger partial charge in [-0.15, -0.1) is 0 Å². The highest BCUT2D eigenvalue weighted by Gasteiger charge is 2.39. The number of anilines is 1. The predicted octanol–water partition coefficient (Wildman–Crippen LogP) is 5.57. The van der Waals surface area contributed by atoms with E-state index in [4.69, 9.17) is 36.1 Å². The summed E-state index contributed by atoms with van der Waals surface area (Å²) in [6.45, 7) is 10.7. The van der Waals surface area contributed by atoms with Crippen LogP contribution in [-0.4, -0.2) is 85.6 Å². The van der Waals surface area contributed by atoms with Gasteiger partial charge in [-0.2, -0.15) is 26.3 Å². The van der Waals surface area contributed by atoms with E-state index in [2.05, 4.69) is 57.8 Å². The predicted molar refractivity (Wildman–Crippen MR) is 143 cm³/mol. The quantitative estimate of drug-likeness (QED) is 0.251. The van der Waals surface area contributed by atoms with Gasteiger partial charge in [-0.05, 0) is 39.3 Å². The lowest BCUT2D eigenvalue weighted by atomic mass is 9.84. The number of nitrogens with one attached hydrogen (secondary N) is 2. The molecule has 11 nitrogen and oxygen atoms in total. The van der Waals surface area contributed by atoms with Gasteiger partial charge in [-0.25, -0.2) is 24.5 Å². The third-order valence-electron chi connectivity index (χ3n) is 6.33. The smallest absolute Gasteiger partial charge is 0.490 e. The van der Waals surface area contributed by atoms with Gasteiger partial charge >= 0.3 is 24.3 Å². The van der Waals surface area contributed by atoms with Crippen LogP contribution in [0.2, 0.25) is 5.02 Å². The minimum atomic E-state index is -5.08. The van der Waals surface area contributed by atoms with Crippen LogP contribution in [0, 0.1) is 6.92 Å². The van der Waals surface area contributed by atoms with Gasteiger partial charge in [0.15, 0.2) is 11.5 Å². The molecule has 18 heteroatoms. The Morgan fingerprint density at radius 2 is 1.60 bits per heavy atom. The van der Waals surface area contributed by atoms with Gasteiger partial charge in [0.1, 0.15) is 17.6 Å². The van der Waals surface area contributed by atoms with Gasteiger partial charge in [0.05, 0.1) is 19.5 Å². The summed E-state index contributed by atoms with van der Waals surface area (Å²) in [5, 5.41) is 18.5. The second kappa shape index (κ2) is 14.1. The highest BCUT2D eigenvalue weighted by molar-refractivity contribution is 6.31. The van der Waals surface area contributed by atoms with Crippen LogP contribution in [0.1, 0.15) is 49.4 Å². The number of alkyl halides is 6. The number of aromatic amines is 1. The van der Waals surface area contributed by atoms with Gasteiger partial charge in [0.2, 0.25) is 0 Å². The number of hydrogen-bond donors (Lipinski definition) is 4. The number of aliphatic carboxylic acids is 2. The Labute approximate surface area is 246 Å². The molecule has 238 valence electrons. The second-order valence-electron chi connectivity index (χ2n) is 9.56. The van der Waals surface area contributed by atoms with Crippen LogP contribution in [0.3, 0.4) is 0 Å². The first-order valence-corrected chi connectivity index (χ1v) is 12.8. The van der Waals surface area contributed by atoms with Crippen molar-refractivity contribution >= 4 is 40.5 Å². The second-order valence-corrected chi connectivity index (χ2v) is 9.97. The van der Waals surface area contributed by atoms with Crippen LogP contribution in [0.15, 0.2) is 18.7 Å². The number of ether oxygens (including phenoxy) is 1. The number of aromatic nitrogens is 4. The topological polar surface area (TPSA) is 154 Å². The zero-order chi connectivity index (χ0) is 32.9. The minimum absolute atomic E-state index is 0.0714. The molecule has 43 heavy (non-hydrogen) atoms. The average Bonchev–Trinajstić information content (AvgIpc) is 3.35. The van der Waals surface area contributed by atoms with Crippen LogP contribution in [0.5, 0.6) is 5.75 Å². The fourth-order valence-electron chi connectivity index (χ4n) is 4.08. The Morgan fingerprint density at radius 3 is 2.07 bits per heavy atom. The molecule has 2 aromatic heterocycles. The Kier molecular flexibility index (Phi) is 11.6. The number of carboxylic acid groups (broad SMARTS) is 2. The lowest BCUT2D eigenvalue weighted by Crippen LogP contribution is -2.48. The number of rotatable bonds is 6. The Balaban J connectivity index is 0.000000384. The molecular formula is C25H29ClF6N6O5. The number of hydrogen-bond acceptors (Lipinski definition) is 8. The Morgan fingerprint density at radius 1 is 1.07 bits per heavy atom. The van der Waals surface area contributed by atoms with Crippen molar-refractivity contribution in [1.29, 1.82) is 0 Å². The molecule has 3 heterocycles. The van der Waals surface area contributed by atoms with Gasteiger partial charge in [-0.1, -0.05) is 11.6 Å². The molecule has 0 saturated carbocycles. The molecule has 1 aromatic carbocycles. The zero-order valence-electron chi connectivity index (χ0n) is 23.4. The first-order valence-electron chi connectivity index (χ1n) is 12.4. The molecule has 4 N–H and O–H groups in total. The number of methoxy groups -OCH3 is 1. The lowest BCUT2D eigenvalue weighted by molar-refractivity contribution is -0.193. The maximum atomic E-state index is 10.6. The molecule has 1 atom stereocenters. The van der Waals surface area contributed by atoms with E-state index in [-0.39, 0.29) is 6.04 Å². The first kappa shape index (κ1) is 35.3. The van der Waals surface area contributed by atoms with Crippen LogP contribution < -0.4 is 10.1 Å². The lowest BCUT2D eigenvalue weighted by Gasteiger charge is -2.43. The maximum absolute atomic E-state index is 10.6. The molecule has 4 rings (SSSR count). The van der Waals surface area contributed by atoms with Crippen LogP contribution in [0.4, 0.5) is 32.2 Å².